The van der Waals surface area contributed by atoms with Gasteiger partial charge in [-0.25, -0.2) is 9.37 Å². The van der Waals surface area contributed by atoms with Gasteiger partial charge < -0.3 is 29.7 Å². The molecule has 8 nitrogen and oxygen atoms in total. The molecular formula is C23H26ClFN4O4. The van der Waals surface area contributed by atoms with E-state index in [1.807, 2.05) is 7.05 Å². The van der Waals surface area contributed by atoms with Crippen molar-refractivity contribution in [2.45, 2.75) is 25.0 Å². The normalized spacial score (nSPS) is 23.4. The smallest absolute Gasteiger partial charge is 0.263 e. The van der Waals surface area contributed by atoms with Crippen molar-refractivity contribution in [3.8, 4) is 28.6 Å². The number of halogens is 2. The Bertz CT molecular complexity index is 1060. The number of likely N-dealkylation sites (N-methyl/N-ethyl adjacent to an activating group) is 1. The van der Waals surface area contributed by atoms with Crippen LogP contribution in [0.4, 0.5) is 4.39 Å². The van der Waals surface area contributed by atoms with Crippen LogP contribution in [0.25, 0.3) is 11.3 Å². The van der Waals surface area contributed by atoms with E-state index in [-0.39, 0.29) is 63.9 Å². The van der Waals surface area contributed by atoms with Crippen molar-refractivity contribution in [3.63, 3.8) is 0 Å². The Morgan fingerprint density at radius 2 is 2.18 bits per heavy atom. The minimum absolute atomic E-state index is 0.0176. The quantitative estimate of drug-likeness (QED) is 0.704. The van der Waals surface area contributed by atoms with Gasteiger partial charge in [0.1, 0.15) is 40.6 Å². The number of pyridine rings is 1. The number of fused-ring (bicyclic) bond motifs is 2. The molecule has 0 spiro atoms. The summed E-state index contributed by atoms with van der Waals surface area (Å²) in [6.45, 7) is 3.64. The van der Waals surface area contributed by atoms with Crippen LogP contribution in [0.5, 0.6) is 17.4 Å². The molecule has 1 unspecified atom stereocenters. The number of phenols is 1. The Hall–Kier alpha value is -2.62. The van der Waals surface area contributed by atoms with E-state index < -0.39 is 5.82 Å². The number of rotatable bonds is 3. The molecule has 1 aromatic heterocycles. The largest absolute Gasteiger partial charge is 0.507 e. The molecule has 2 aromatic rings. The summed E-state index contributed by atoms with van der Waals surface area (Å²) in [5.41, 5.74) is -0.0243. The standard InChI is InChI=1S/C23H26ClFN4O4/c1-28-8-3-4-14(11-28)33-22-18-21(32-12-13-10-26-7-9-29(13)23(18)31)19(24)20(27-22)17-15(25)5-2-6-16(17)30/h2,5-6,13-14,26,30H,3-4,7-12H2,1H3/t13-,14?/m1/s1. The zero-order chi connectivity index (χ0) is 23.1. The second-order valence-electron chi connectivity index (χ2n) is 8.73. The van der Waals surface area contributed by atoms with Crippen molar-refractivity contribution in [2.75, 3.05) is 46.4 Å². The molecule has 10 heteroatoms. The highest BCUT2D eigenvalue weighted by atomic mass is 35.5. The Morgan fingerprint density at radius 1 is 1.33 bits per heavy atom. The number of aromatic nitrogens is 1. The average Bonchev–Trinajstić information content (AvgIpc) is 2.94. The van der Waals surface area contributed by atoms with Gasteiger partial charge in [0.25, 0.3) is 5.91 Å². The third kappa shape index (κ3) is 4.09. The first-order valence-electron chi connectivity index (χ1n) is 11.1. The molecule has 2 fully saturated rings. The van der Waals surface area contributed by atoms with Crippen LogP contribution in [-0.4, -0.2) is 84.3 Å². The minimum atomic E-state index is -0.686. The van der Waals surface area contributed by atoms with Gasteiger partial charge in [0.05, 0.1) is 11.6 Å². The van der Waals surface area contributed by atoms with E-state index in [1.165, 1.54) is 18.2 Å². The molecule has 3 aliphatic rings. The number of carbonyl (C=O) groups is 1. The van der Waals surface area contributed by atoms with Gasteiger partial charge in [-0.3, -0.25) is 4.79 Å². The molecule has 33 heavy (non-hydrogen) atoms. The molecule has 2 saturated heterocycles. The van der Waals surface area contributed by atoms with Gasteiger partial charge in [0.15, 0.2) is 5.75 Å². The van der Waals surface area contributed by atoms with Crippen molar-refractivity contribution < 1.29 is 23.8 Å². The summed E-state index contributed by atoms with van der Waals surface area (Å²) < 4.78 is 27.1. The Balaban J connectivity index is 1.67. The summed E-state index contributed by atoms with van der Waals surface area (Å²) in [4.78, 5) is 22.0. The molecule has 2 atom stereocenters. The van der Waals surface area contributed by atoms with Crippen molar-refractivity contribution in [2.24, 2.45) is 0 Å². The number of carbonyl (C=O) groups excluding carboxylic acids is 1. The molecule has 2 N–H and O–H groups in total. The first-order valence-corrected chi connectivity index (χ1v) is 11.5. The highest BCUT2D eigenvalue weighted by Gasteiger charge is 2.39. The summed E-state index contributed by atoms with van der Waals surface area (Å²) in [6.07, 6.45) is 1.55. The predicted octanol–water partition coefficient (Wildman–Crippen LogP) is 2.53. The Labute approximate surface area is 196 Å². The maximum Gasteiger partial charge on any atom is 0.263 e. The third-order valence-corrected chi connectivity index (χ3v) is 6.75. The summed E-state index contributed by atoms with van der Waals surface area (Å²) in [6, 6.07) is 3.80. The van der Waals surface area contributed by atoms with Crippen molar-refractivity contribution in [1.29, 1.82) is 0 Å². The third-order valence-electron chi connectivity index (χ3n) is 6.39. The SMILES string of the molecule is CN1CCCC(Oc2nc(-c3c(O)cccc3F)c(Cl)c3c2C(=O)N2CCNC[C@@H]2CO3)C1. The van der Waals surface area contributed by atoms with Crippen LogP contribution in [0.3, 0.4) is 0 Å². The Morgan fingerprint density at radius 3 is 2.97 bits per heavy atom. The molecule has 4 heterocycles. The molecule has 3 aliphatic heterocycles. The number of piperidine rings is 1. The monoisotopic (exact) mass is 476 g/mol. The van der Waals surface area contributed by atoms with Crippen molar-refractivity contribution >= 4 is 17.5 Å². The molecule has 176 valence electrons. The second-order valence-corrected chi connectivity index (χ2v) is 9.11. The number of ether oxygens (including phenoxy) is 2. The van der Waals surface area contributed by atoms with Crippen LogP contribution in [0, 0.1) is 5.82 Å². The molecule has 0 saturated carbocycles. The molecular weight excluding hydrogens is 451 g/mol. The zero-order valence-corrected chi connectivity index (χ0v) is 19.1. The summed E-state index contributed by atoms with van der Waals surface area (Å²) in [5.74, 6) is -1.10. The van der Waals surface area contributed by atoms with Gasteiger partial charge in [-0.2, -0.15) is 0 Å². The summed E-state index contributed by atoms with van der Waals surface area (Å²) in [7, 11) is 2.01. The number of phenolic OH excluding ortho intramolecular Hbond substituents is 1. The van der Waals surface area contributed by atoms with E-state index >= 15 is 0 Å². The molecule has 1 aromatic carbocycles. The van der Waals surface area contributed by atoms with E-state index in [9.17, 15) is 14.3 Å². The lowest BCUT2D eigenvalue weighted by atomic mass is 10.1. The number of nitrogens with zero attached hydrogens (tertiary/aromatic N) is 3. The van der Waals surface area contributed by atoms with E-state index in [0.29, 0.717) is 26.2 Å². The van der Waals surface area contributed by atoms with Crippen LogP contribution < -0.4 is 14.8 Å². The molecule has 0 aliphatic carbocycles. The van der Waals surface area contributed by atoms with Gasteiger partial charge in [0, 0.05) is 26.2 Å². The maximum absolute atomic E-state index is 14.8. The van der Waals surface area contributed by atoms with Crippen LogP contribution in [0.2, 0.25) is 5.02 Å². The number of hydrogen-bond acceptors (Lipinski definition) is 7. The molecule has 1 amide bonds. The van der Waals surface area contributed by atoms with Gasteiger partial charge in [-0.05, 0) is 38.6 Å². The first-order chi connectivity index (χ1) is 15.9. The number of likely N-dealkylation sites (tertiary alicyclic amines) is 1. The lowest BCUT2D eigenvalue weighted by Gasteiger charge is -2.34. The van der Waals surface area contributed by atoms with Crippen molar-refractivity contribution in [3.05, 3.63) is 34.6 Å². The number of piperazine rings is 1. The number of amides is 1. The molecule has 0 bridgehead atoms. The van der Waals surface area contributed by atoms with E-state index in [4.69, 9.17) is 21.1 Å². The number of hydrogen-bond donors (Lipinski definition) is 2. The first kappa shape index (κ1) is 22.2. The second kappa shape index (κ2) is 8.96. The average molecular weight is 477 g/mol. The fraction of sp³-hybridized carbons (Fsp3) is 0.478. The summed E-state index contributed by atoms with van der Waals surface area (Å²) in [5, 5.41) is 13.6. The van der Waals surface area contributed by atoms with Gasteiger partial charge in [0.2, 0.25) is 5.88 Å². The van der Waals surface area contributed by atoms with Crippen LogP contribution in [0.15, 0.2) is 18.2 Å². The molecule has 5 rings (SSSR count). The zero-order valence-electron chi connectivity index (χ0n) is 18.3. The van der Waals surface area contributed by atoms with Gasteiger partial charge in [-0.15, -0.1) is 0 Å². The van der Waals surface area contributed by atoms with E-state index in [0.717, 1.165) is 19.4 Å². The number of benzene rings is 1. The van der Waals surface area contributed by atoms with Crippen LogP contribution >= 0.6 is 11.6 Å². The number of aromatic hydroxyl groups is 1. The lowest BCUT2D eigenvalue weighted by Crippen LogP contribution is -2.54. The maximum atomic E-state index is 14.8. The minimum Gasteiger partial charge on any atom is -0.507 e. The van der Waals surface area contributed by atoms with Crippen molar-refractivity contribution in [1.82, 2.24) is 20.1 Å². The highest BCUT2D eigenvalue weighted by molar-refractivity contribution is 6.35. The lowest BCUT2D eigenvalue weighted by molar-refractivity contribution is 0.0594. The molecule has 0 radical (unpaired) electrons. The number of nitrogens with one attached hydrogen (secondary N) is 1. The predicted molar refractivity (Wildman–Crippen MR) is 121 cm³/mol. The van der Waals surface area contributed by atoms with E-state index in [1.54, 1.807) is 4.90 Å². The van der Waals surface area contributed by atoms with Gasteiger partial charge >= 0.3 is 0 Å². The van der Waals surface area contributed by atoms with E-state index in [2.05, 4.69) is 15.2 Å². The van der Waals surface area contributed by atoms with Gasteiger partial charge in [-0.1, -0.05) is 17.7 Å². The Kier molecular flexibility index (Phi) is 6.03. The fourth-order valence-electron chi connectivity index (χ4n) is 4.72. The fourth-order valence-corrected chi connectivity index (χ4v) is 5.00. The van der Waals surface area contributed by atoms with Crippen LogP contribution in [-0.2, 0) is 0 Å². The summed E-state index contributed by atoms with van der Waals surface area (Å²) >= 11 is 6.66. The highest BCUT2D eigenvalue weighted by Crippen LogP contribution is 2.45. The van der Waals surface area contributed by atoms with Crippen LogP contribution in [0.1, 0.15) is 23.2 Å². The topological polar surface area (TPSA) is 87.2 Å².